The van der Waals surface area contributed by atoms with Crippen LogP contribution in [0.2, 0.25) is 0 Å². The Labute approximate surface area is 116 Å². The summed E-state index contributed by atoms with van der Waals surface area (Å²) in [6.45, 7) is 1.52. The molecule has 3 rings (SSSR count). The van der Waals surface area contributed by atoms with Crippen LogP contribution in [0, 0.1) is 0 Å². The van der Waals surface area contributed by atoms with E-state index in [1.165, 1.54) is 0 Å². The van der Waals surface area contributed by atoms with Crippen LogP contribution in [0.3, 0.4) is 0 Å². The minimum atomic E-state index is -0.187. The first kappa shape index (κ1) is 12.8. The molecule has 1 aliphatic heterocycles. The number of aryl methyl sites for hydroxylation is 1. The largest absolute Gasteiger partial charge is 0.372 e. The molecule has 1 aromatic carbocycles. The highest BCUT2D eigenvalue weighted by Crippen LogP contribution is 2.21. The average Bonchev–Trinajstić information content (AvgIpc) is 3.03. The summed E-state index contributed by atoms with van der Waals surface area (Å²) >= 11 is 0. The van der Waals surface area contributed by atoms with Crippen LogP contribution < -0.4 is 11.1 Å². The van der Waals surface area contributed by atoms with E-state index in [1.54, 1.807) is 24.0 Å². The lowest BCUT2D eigenvalue weighted by atomic mass is 10.1. The summed E-state index contributed by atoms with van der Waals surface area (Å²) in [5.41, 5.74) is 9.25. The molecule has 0 bridgehead atoms. The molecule has 6 nitrogen and oxygen atoms in total. The van der Waals surface area contributed by atoms with Crippen molar-refractivity contribution >= 4 is 11.7 Å². The Morgan fingerprint density at radius 3 is 3.05 bits per heavy atom. The number of amides is 1. The number of benzene rings is 1. The summed E-state index contributed by atoms with van der Waals surface area (Å²) in [5, 5.41) is 7.00. The molecular formula is C14H16N4O2. The van der Waals surface area contributed by atoms with Crippen molar-refractivity contribution in [1.29, 1.82) is 0 Å². The molecule has 0 unspecified atom stereocenters. The lowest BCUT2D eigenvalue weighted by Crippen LogP contribution is -2.14. The van der Waals surface area contributed by atoms with Gasteiger partial charge in [-0.05, 0) is 23.3 Å². The Morgan fingerprint density at radius 1 is 1.45 bits per heavy atom. The smallest absolute Gasteiger partial charge is 0.256 e. The van der Waals surface area contributed by atoms with E-state index in [9.17, 15) is 4.79 Å². The molecule has 3 N–H and O–H groups in total. The number of carbonyl (C=O) groups is 1. The number of nitrogens with two attached hydrogens (primary N) is 1. The molecule has 20 heavy (non-hydrogen) atoms. The third-order valence-electron chi connectivity index (χ3n) is 3.34. The number of anilines is 1. The van der Waals surface area contributed by atoms with Gasteiger partial charge in [0.1, 0.15) is 0 Å². The molecule has 2 heterocycles. The zero-order valence-corrected chi connectivity index (χ0v) is 11.2. The molecule has 0 saturated heterocycles. The Morgan fingerprint density at radius 2 is 2.25 bits per heavy atom. The van der Waals surface area contributed by atoms with E-state index < -0.39 is 0 Å². The molecule has 0 radical (unpaired) electrons. The Bertz CT molecular complexity index is 663. The number of nitrogens with zero attached hydrogens (tertiary/aromatic N) is 2. The minimum absolute atomic E-state index is 0.187. The normalized spacial score (nSPS) is 13.3. The van der Waals surface area contributed by atoms with Crippen molar-refractivity contribution in [2.75, 3.05) is 5.32 Å². The number of hydrogen-bond acceptors (Lipinski definition) is 4. The van der Waals surface area contributed by atoms with Gasteiger partial charge < -0.3 is 15.8 Å². The second kappa shape index (κ2) is 5.07. The van der Waals surface area contributed by atoms with Crippen molar-refractivity contribution in [3.63, 3.8) is 0 Å². The van der Waals surface area contributed by atoms with Gasteiger partial charge in [-0.3, -0.25) is 9.48 Å². The fraction of sp³-hybridized carbons (Fsp3) is 0.286. The first-order valence-electron chi connectivity index (χ1n) is 6.41. The van der Waals surface area contributed by atoms with Crippen molar-refractivity contribution in [3.8, 4) is 0 Å². The molecule has 0 aliphatic carbocycles. The van der Waals surface area contributed by atoms with E-state index in [-0.39, 0.29) is 5.91 Å². The van der Waals surface area contributed by atoms with Crippen molar-refractivity contribution in [3.05, 3.63) is 46.6 Å². The maximum Gasteiger partial charge on any atom is 0.256 e. The minimum Gasteiger partial charge on any atom is -0.372 e. The second-order valence-corrected chi connectivity index (χ2v) is 4.81. The molecule has 2 aromatic rings. The van der Waals surface area contributed by atoms with Gasteiger partial charge in [-0.1, -0.05) is 6.07 Å². The molecule has 1 aliphatic rings. The zero-order valence-electron chi connectivity index (χ0n) is 11.2. The monoisotopic (exact) mass is 272 g/mol. The van der Waals surface area contributed by atoms with Crippen LogP contribution in [0.1, 0.15) is 27.0 Å². The summed E-state index contributed by atoms with van der Waals surface area (Å²) in [5.74, 6) is 0.324. The predicted molar refractivity (Wildman–Crippen MR) is 74.0 cm³/mol. The molecular weight excluding hydrogens is 256 g/mol. The molecule has 1 aromatic heterocycles. The maximum absolute atomic E-state index is 12.2. The molecule has 0 fully saturated rings. The van der Waals surface area contributed by atoms with Gasteiger partial charge in [-0.2, -0.15) is 5.10 Å². The van der Waals surface area contributed by atoms with Gasteiger partial charge in [0.15, 0.2) is 5.82 Å². The first-order chi connectivity index (χ1) is 9.67. The third kappa shape index (κ3) is 2.31. The van der Waals surface area contributed by atoms with Gasteiger partial charge in [0.05, 0.1) is 13.2 Å². The summed E-state index contributed by atoms with van der Waals surface area (Å²) in [7, 11) is 1.79. The summed E-state index contributed by atoms with van der Waals surface area (Å²) in [4.78, 5) is 12.2. The van der Waals surface area contributed by atoms with Crippen LogP contribution in [0.15, 0.2) is 24.4 Å². The van der Waals surface area contributed by atoms with E-state index in [4.69, 9.17) is 10.5 Å². The number of rotatable bonds is 3. The Kier molecular flexibility index (Phi) is 3.25. The van der Waals surface area contributed by atoms with Gasteiger partial charge >= 0.3 is 0 Å². The number of aromatic nitrogens is 2. The third-order valence-corrected chi connectivity index (χ3v) is 3.34. The quantitative estimate of drug-likeness (QED) is 0.878. The average molecular weight is 272 g/mol. The van der Waals surface area contributed by atoms with E-state index in [0.29, 0.717) is 31.1 Å². The van der Waals surface area contributed by atoms with Crippen LogP contribution >= 0.6 is 0 Å². The molecule has 104 valence electrons. The lowest BCUT2D eigenvalue weighted by Gasteiger charge is -2.05. The van der Waals surface area contributed by atoms with Gasteiger partial charge in [0, 0.05) is 30.9 Å². The molecule has 0 spiro atoms. The molecule has 1 amide bonds. The van der Waals surface area contributed by atoms with E-state index >= 15 is 0 Å². The van der Waals surface area contributed by atoms with Crippen LogP contribution in [0.25, 0.3) is 0 Å². The maximum atomic E-state index is 12.2. The topological polar surface area (TPSA) is 82.2 Å². The number of nitrogens with one attached hydrogen (secondary N) is 1. The van der Waals surface area contributed by atoms with Gasteiger partial charge in [0.2, 0.25) is 0 Å². The van der Waals surface area contributed by atoms with Crippen LogP contribution in [0.4, 0.5) is 5.82 Å². The summed E-state index contributed by atoms with van der Waals surface area (Å²) in [6.07, 6.45) is 1.80. The van der Waals surface area contributed by atoms with Crippen molar-refractivity contribution in [2.24, 2.45) is 12.8 Å². The van der Waals surface area contributed by atoms with E-state index in [0.717, 1.165) is 16.7 Å². The molecule has 0 saturated carbocycles. The zero-order chi connectivity index (χ0) is 14.1. The first-order valence-corrected chi connectivity index (χ1v) is 6.41. The van der Waals surface area contributed by atoms with Crippen LogP contribution in [-0.4, -0.2) is 15.7 Å². The van der Waals surface area contributed by atoms with Gasteiger partial charge in [-0.25, -0.2) is 0 Å². The summed E-state index contributed by atoms with van der Waals surface area (Å²) in [6, 6.07) is 5.59. The second-order valence-electron chi connectivity index (χ2n) is 4.81. The predicted octanol–water partition coefficient (Wildman–Crippen LogP) is 1.16. The standard InChI is InChI=1S/C14H16N4O2/c1-18-6-12(5-15)13(17-18)16-14(19)9-2-3-10-7-20-8-11(10)4-9/h2-4,6H,5,7-8,15H2,1H3,(H,16,17,19). The van der Waals surface area contributed by atoms with Crippen molar-refractivity contribution < 1.29 is 9.53 Å². The van der Waals surface area contributed by atoms with Crippen LogP contribution in [0.5, 0.6) is 0 Å². The molecule has 6 heteroatoms. The highest BCUT2D eigenvalue weighted by Gasteiger charge is 2.16. The highest BCUT2D eigenvalue weighted by atomic mass is 16.5. The molecule has 0 atom stereocenters. The number of fused-ring (bicyclic) bond motifs is 1. The Balaban J connectivity index is 1.82. The fourth-order valence-electron chi connectivity index (χ4n) is 2.29. The SMILES string of the molecule is Cn1cc(CN)c(NC(=O)c2ccc3c(c2)COC3)n1. The number of carbonyl (C=O) groups excluding carboxylic acids is 1. The van der Waals surface area contributed by atoms with Crippen molar-refractivity contribution in [1.82, 2.24) is 9.78 Å². The number of ether oxygens (including phenoxy) is 1. The highest BCUT2D eigenvalue weighted by molar-refractivity contribution is 6.04. The van der Waals surface area contributed by atoms with Gasteiger partial charge in [-0.15, -0.1) is 0 Å². The lowest BCUT2D eigenvalue weighted by molar-refractivity contribution is 0.102. The van der Waals surface area contributed by atoms with Crippen LogP contribution in [-0.2, 0) is 31.5 Å². The number of hydrogen-bond donors (Lipinski definition) is 2. The summed E-state index contributed by atoms with van der Waals surface area (Å²) < 4.78 is 6.98. The Hall–Kier alpha value is -2.18. The fourth-order valence-corrected chi connectivity index (χ4v) is 2.29. The van der Waals surface area contributed by atoms with Gasteiger partial charge in [0.25, 0.3) is 5.91 Å². The van der Waals surface area contributed by atoms with E-state index in [1.807, 2.05) is 12.1 Å². The van der Waals surface area contributed by atoms with Crippen molar-refractivity contribution in [2.45, 2.75) is 19.8 Å². The van der Waals surface area contributed by atoms with E-state index in [2.05, 4.69) is 10.4 Å².